The lowest BCUT2D eigenvalue weighted by molar-refractivity contribution is -0.384. The van der Waals surface area contributed by atoms with Crippen molar-refractivity contribution in [2.75, 3.05) is 5.32 Å². The van der Waals surface area contributed by atoms with Gasteiger partial charge in [-0.1, -0.05) is 17.7 Å². The average molecular weight is 402 g/mol. The van der Waals surface area contributed by atoms with Crippen LogP contribution >= 0.6 is 11.8 Å². The molecule has 0 aliphatic carbocycles. The van der Waals surface area contributed by atoms with Gasteiger partial charge < -0.3 is 10.1 Å². The summed E-state index contributed by atoms with van der Waals surface area (Å²) < 4.78 is 5.26. The maximum Gasteiger partial charge on any atom is 0.319 e. The van der Waals surface area contributed by atoms with Gasteiger partial charge in [0.05, 0.1) is 4.92 Å². The predicted molar refractivity (Wildman–Crippen MR) is 109 cm³/mol. The largest absolute Gasteiger partial charge is 0.452 e. The van der Waals surface area contributed by atoms with Gasteiger partial charge in [-0.05, 0) is 51.5 Å². The van der Waals surface area contributed by atoms with Gasteiger partial charge in [-0.15, -0.1) is 11.8 Å². The van der Waals surface area contributed by atoms with Crippen LogP contribution in [0.2, 0.25) is 0 Å². The zero-order valence-corrected chi connectivity index (χ0v) is 16.9. The molecule has 0 bridgehead atoms. The highest BCUT2D eigenvalue weighted by Crippen LogP contribution is 2.26. The van der Waals surface area contributed by atoms with Crippen molar-refractivity contribution in [1.82, 2.24) is 0 Å². The molecular weight excluding hydrogens is 380 g/mol. The normalized spacial score (nSPS) is 12.7. The monoisotopic (exact) mass is 402 g/mol. The summed E-state index contributed by atoms with van der Waals surface area (Å²) >= 11 is 1.20. The van der Waals surface area contributed by atoms with Gasteiger partial charge in [0.2, 0.25) is 0 Å². The second kappa shape index (κ2) is 9.36. The Morgan fingerprint density at radius 1 is 1.11 bits per heavy atom. The Hall–Kier alpha value is -2.87. The summed E-state index contributed by atoms with van der Waals surface area (Å²) in [5, 5.41) is 12.9. The number of rotatable bonds is 7. The van der Waals surface area contributed by atoms with Crippen molar-refractivity contribution in [2.45, 2.75) is 43.9 Å². The molecule has 1 N–H and O–H groups in total. The molecular formula is C20H22N2O5S. The first-order chi connectivity index (χ1) is 13.2. The molecule has 0 saturated carbocycles. The molecule has 2 atom stereocenters. The fourth-order valence-corrected chi connectivity index (χ4v) is 3.26. The lowest BCUT2D eigenvalue weighted by atomic mass is 10.1. The maximum absolute atomic E-state index is 12.3. The third-order valence-corrected chi connectivity index (χ3v) is 5.08. The number of benzene rings is 2. The summed E-state index contributed by atoms with van der Waals surface area (Å²) in [5.41, 5.74) is 2.67. The number of carbonyl (C=O) groups is 2. The Balaban J connectivity index is 1.91. The fourth-order valence-electron chi connectivity index (χ4n) is 2.41. The minimum Gasteiger partial charge on any atom is -0.452 e. The number of amides is 1. The molecule has 2 aromatic rings. The van der Waals surface area contributed by atoms with Gasteiger partial charge in [0.1, 0.15) is 5.25 Å². The minimum atomic E-state index is -0.951. The molecule has 0 heterocycles. The van der Waals surface area contributed by atoms with Gasteiger partial charge in [0.25, 0.3) is 11.6 Å². The lowest BCUT2D eigenvalue weighted by Crippen LogP contribution is -2.32. The SMILES string of the molecule is Cc1ccc(NC(=O)[C@H](C)OC(=O)[C@H](C)Sc2ccc([N+](=O)[O-])cc2)c(C)c1. The van der Waals surface area contributed by atoms with Crippen molar-refractivity contribution >= 4 is 35.0 Å². The number of nitro groups is 1. The van der Waals surface area contributed by atoms with Crippen LogP contribution in [0.4, 0.5) is 11.4 Å². The van der Waals surface area contributed by atoms with E-state index in [4.69, 9.17) is 4.74 Å². The molecule has 0 saturated heterocycles. The number of esters is 1. The van der Waals surface area contributed by atoms with Crippen LogP contribution in [0.15, 0.2) is 47.4 Å². The zero-order chi connectivity index (χ0) is 20.8. The molecule has 28 heavy (non-hydrogen) atoms. The number of anilines is 1. The van der Waals surface area contributed by atoms with Crippen molar-refractivity contribution in [3.8, 4) is 0 Å². The van der Waals surface area contributed by atoms with Crippen LogP contribution in [0.5, 0.6) is 0 Å². The quantitative estimate of drug-likeness (QED) is 0.321. The van der Waals surface area contributed by atoms with Crippen molar-refractivity contribution < 1.29 is 19.2 Å². The van der Waals surface area contributed by atoms with Gasteiger partial charge in [0.15, 0.2) is 6.10 Å². The van der Waals surface area contributed by atoms with E-state index in [0.717, 1.165) is 11.1 Å². The zero-order valence-electron chi connectivity index (χ0n) is 16.1. The van der Waals surface area contributed by atoms with Crippen LogP contribution in [0, 0.1) is 24.0 Å². The Morgan fingerprint density at radius 2 is 1.75 bits per heavy atom. The number of nitrogens with zero attached hydrogens (tertiary/aromatic N) is 1. The van der Waals surface area contributed by atoms with Crippen molar-refractivity contribution in [1.29, 1.82) is 0 Å². The molecule has 8 heteroatoms. The number of carbonyl (C=O) groups excluding carboxylic acids is 2. The summed E-state index contributed by atoms with van der Waals surface area (Å²) in [6.45, 7) is 7.03. The van der Waals surface area contributed by atoms with Crippen LogP contribution in [0.25, 0.3) is 0 Å². The highest BCUT2D eigenvalue weighted by Gasteiger charge is 2.23. The van der Waals surface area contributed by atoms with Crippen LogP contribution in [0.3, 0.4) is 0 Å². The van der Waals surface area contributed by atoms with Gasteiger partial charge in [0, 0.05) is 22.7 Å². The van der Waals surface area contributed by atoms with E-state index in [-0.39, 0.29) is 5.69 Å². The van der Waals surface area contributed by atoms with E-state index in [1.54, 1.807) is 19.1 Å². The van der Waals surface area contributed by atoms with E-state index in [9.17, 15) is 19.7 Å². The van der Waals surface area contributed by atoms with Crippen LogP contribution in [-0.4, -0.2) is 28.2 Å². The first-order valence-corrected chi connectivity index (χ1v) is 9.55. The molecule has 0 spiro atoms. The highest BCUT2D eigenvalue weighted by molar-refractivity contribution is 8.00. The molecule has 0 radical (unpaired) electrons. The maximum atomic E-state index is 12.3. The first-order valence-electron chi connectivity index (χ1n) is 8.67. The molecule has 0 fully saturated rings. The number of nitro benzene ring substituents is 1. The third-order valence-electron chi connectivity index (χ3n) is 3.99. The summed E-state index contributed by atoms with van der Waals surface area (Å²) in [7, 11) is 0. The summed E-state index contributed by atoms with van der Waals surface area (Å²) in [6.07, 6.45) is -0.951. The van der Waals surface area contributed by atoms with Crippen molar-refractivity contribution in [3.05, 3.63) is 63.7 Å². The van der Waals surface area contributed by atoms with Gasteiger partial charge in [-0.2, -0.15) is 0 Å². The third kappa shape index (κ3) is 5.82. The molecule has 2 aromatic carbocycles. The van der Waals surface area contributed by atoms with Gasteiger partial charge in [-0.3, -0.25) is 19.7 Å². The number of aryl methyl sites for hydroxylation is 2. The molecule has 1 amide bonds. The Labute approximate surface area is 167 Å². The molecule has 2 rings (SSSR count). The standard InChI is InChI=1S/C20H22N2O5S/c1-12-5-10-18(13(2)11-12)21-19(23)14(3)27-20(24)15(4)28-17-8-6-16(7-9-17)22(25)26/h5-11,14-15H,1-4H3,(H,21,23)/t14-,15-/m0/s1. The van der Waals surface area contributed by atoms with Gasteiger partial charge >= 0.3 is 5.97 Å². The minimum absolute atomic E-state index is 0.0173. The highest BCUT2D eigenvalue weighted by atomic mass is 32.2. The molecule has 148 valence electrons. The van der Waals surface area contributed by atoms with Crippen molar-refractivity contribution in [2.24, 2.45) is 0 Å². The topological polar surface area (TPSA) is 98.5 Å². The van der Waals surface area contributed by atoms with E-state index in [2.05, 4.69) is 5.32 Å². The smallest absolute Gasteiger partial charge is 0.319 e. The molecule has 7 nitrogen and oxygen atoms in total. The Bertz CT molecular complexity index is 883. The van der Waals surface area contributed by atoms with E-state index >= 15 is 0 Å². The van der Waals surface area contributed by atoms with Crippen LogP contribution < -0.4 is 5.32 Å². The fraction of sp³-hybridized carbons (Fsp3) is 0.300. The van der Waals surface area contributed by atoms with E-state index < -0.39 is 28.2 Å². The van der Waals surface area contributed by atoms with Crippen molar-refractivity contribution in [3.63, 3.8) is 0 Å². The molecule has 0 aliphatic rings. The lowest BCUT2D eigenvalue weighted by Gasteiger charge is -2.17. The summed E-state index contributed by atoms with van der Waals surface area (Å²) in [4.78, 5) is 35.5. The number of non-ortho nitro benzene ring substituents is 1. The first kappa shape index (κ1) is 21.4. The second-order valence-electron chi connectivity index (χ2n) is 6.40. The van der Waals surface area contributed by atoms with E-state index in [0.29, 0.717) is 10.6 Å². The molecule has 0 aromatic heterocycles. The number of ether oxygens (including phenoxy) is 1. The van der Waals surface area contributed by atoms with Crippen LogP contribution in [0.1, 0.15) is 25.0 Å². The van der Waals surface area contributed by atoms with E-state index in [1.165, 1.54) is 30.8 Å². The number of thioether (sulfide) groups is 1. The average Bonchev–Trinajstić information content (AvgIpc) is 2.64. The predicted octanol–water partition coefficient (Wildman–Crippen LogP) is 4.26. The summed E-state index contributed by atoms with van der Waals surface area (Å²) in [6, 6.07) is 11.5. The molecule has 0 unspecified atom stereocenters. The summed E-state index contributed by atoms with van der Waals surface area (Å²) in [5.74, 6) is -0.945. The van der Waals surface area contributed by atoms with Gasteiger partial charge in [-0.25, -0.2) is 0 Å². The second-order valence-corrected chi connectivity index (χ2v) is 7.81. The number of hydrogen-bond donors (Lipinski definition) is 1. The number of hydrogen-bond acceptors (Lipinski definition) is 6. The Morgan fingerprint density at radius 3 is 2.32 bits per heavy atom. The van der Waals surface area contributed by atoms with E-state index in [1.807, 2.05) is 32.0 Å². The molecule has 0 aliphatic heterocycles. The van der Waals surface area contributed by atoms with Crippen LogP contribution in [-0.2, 0) is 14.3 Å². The number of nitrogens with one attached hydrogen (secondary N) is 1. The Kier molecular flexibility index (Phi) is 7.17.